The van der Waals surface area contributed by atoms with Gasteiger partial charge in [0.2, 0.25) is 0 Å². The van der Waals surface area contributed by atoms with Gasteiger partial charge in [0.05, 0.1) is 0 Å². The Morgan fingerprint density at radius 3 is 2.28 bits per heavy atom. The van der Waals surface area contributed by atoms with E-state index in [1.165, 1.54) is 51.6 Å². The monoisotopic (exact) mass is 401 g/mol. The van der Waals surface area contributed by atoms with Crippen molar-refractivity contribution in [2.24, 2.45) is 40.4 Å². The molecule has 5 fully saturated rings. The van der Waals surface area contributed by atoms with Crippen LogP contribution in [0.2, 0.25) is 0 Å². The van der Waals surface area contributed by atoms with Crippen LogP contribution in [0, 0.1) is 40.4 Å². The summed E-state index contributed by atoms with van der Waals surface area (Å²) in [6, 6.07) is 0.506. The molecule has 1 saturated heterocycles. The van der Waals surface area contributed by atoms with E-state index in [-0.39, 0.29) is 23.4 Å². The third kappa shape index (κ3) is 3.03. The molecule has 0 aromatic rings. The molecule has 0 bridgehead atoms. The number of fused-ring (bicyclic) bond motifs is 5. The Balaban J connectivity index is 1.39. The first-order valence-electron chi connectivity index (χ1n) is 12.2. The van der Waals surface area contributed by atoms with Crippen LogP contribution in [0.25, 0.3) is 0 Å². The summed E-state index contributed by atoms with van der Waals surface area (Å²) in [6.45, 7) is 10.8. The Kier molecular flexibility index (Phi) is 4.70. The van der Waals surface area contributed by atoms with E-state index in [0.29, 0.717) is 29.1 Å². The van der Waals surface area contributed by atoms with Gasteiger partial charge in [0.15, 0.2) is 0 Å². The van der Waals surface area contributed by atoms with Crippen LogP contribution in [0.15, 0.2) is 0 Å². The minimum Gasteiger partial charge on any atom is -0.463 e. The maximum atomic E-state index is 12.8. The van der Waals surface area contributed by atoms with Crippen molar-refractivity contribution in [1.29, 1.82) is 0 Å². The van der Waals surface area contributed by atoms with Crippen LogP contribution < -0.4 is 0 Å². The van der Waals surface area contributed by atoms with Gasteiger partial charge in [-0.2, -0.15) is 0 Å². The van der Waals surface area contributed by atoms with Gasteiger partial charge in [-0.3, -0.25) is 14.5 Å². The molecule has 4 heteroatoms. The van der Waals surface area contributed by atoms with Crippen LogP contribution in [0.1, 0.15) is 79.1 Å². The van der Waals surface area contributed by atoms with Crippen LogP contribution in [0.3, 0.4) is 0 Å². The number of ether oxygens (including phenoxy) is 1. The molecule has 0 aromatic heterocycles. The summed E-state index contributed by atoms with van der Waals surface area (Å²) in [5, 5.41) is 0. The molecule has 1 aliphatic heterocycles. The number of ketones is 1. The van der Waals surface area contributed by atoms with Gasteiger partial charge in [-0.15, -0.1) is 0 Å². The fraction of sp³-hybridized carbons (Fsp3) is 0.920. The second-order valence-corrected chi connectivity index (χ2v) is 11.6. The number of hydrogen-bond donors (Lipinski definition) is 0. The Hall–Kier alpha value is -0.900. The SMILES string of the molecule is CC(=O)OC1CCC2(C)C(CCC3C2CCC2(C)C3CC(N3CC3)C2C(C)=O)C1. The average molecular weight is 402 g/mol. The lowest BCUT2D eigenvalue weighted by atomic mass is 9.44. The Morgan fingerprint density at radius 2 is 1.62 bits per heavy atom. The number of Topliss-reactive ketones (excluding diaryl/α,β-unsaturated/α-hetero) is 1. The second-order valence-electron chi connectivity index (χ2n) is 11.6. The molecule has 4 aliphatic carbocycles. The van der Waals surface area contributed by atoms with Gasteiger partial charge in [0.1, 0.15) is 11.9 Å². The van der Waals surface area contributed by atoms with Crippen LogP contribution in [-0.2, 0) is 14.3 Å². The van der Waals surface area contributed by atoms with E-state index < -0.39 is 0 Å². The molecule has 29 heavy (non-hydrogen) atoms. The number of esters is 1. The molecule has 4 saturated carbocycles. The van der Waals surface area contributed by atoms with Crippen LogP contribution >= 0.6 is 0 Å². The Labute approximate surface area is 176 Å². The second kappa shape index (κ2) is 6.80. The molecule has 5 aliphatic rings. The minimum absolute atomic E-state index is 0.122. The van der Waals surface area contributed by atoms with E-state index >= 15 is 0 Å². The standard InChI is InChI=1S/C25H39NO3/c1-15(27)23-22(26-11-12-26)14-21-19-6-5-17-13-18(29-16(2)28)7-9-24(17,3)20(19)8-10-25(21,23)4/h17-23H,5-14H2,1-4H3. The zero-order valence-corrected chi connectivity index (χ0v) is 18.8. The summed E-state index contributed by atoms with van der Waals surface area (Å²) >= 11 is 0. The van der Waals surface area contributed by atoms with Crippen molar-refractivity contribution in [2.75, 3.05) is 13.1 Å². The topological polar surface area (TPSA) is 46.4 Å². The third-order valence-electron chi connectivity index (χ3n) is 10.4. The van der Waals surface area contributed by atoms with Crippen LogP contribution in [0.5, 0.6) is 0 Å². The lowest BCUT2D eigenvalue weighted by molar-refractivity contribution is -0.161. The van der Waals surface area contributed by atoms with E-state index in [2.05, 4.69) is 18.7 Å². The van der Waals surface area contributed by atoms with Crippen molar-refractivity contribution in [3.05, 3.63) is 0 Å². The Bertz CT molecular complexity index is 702. The molecular weight excluding hydrogens is 362 g/mol. The molecule has 162 valence electrons. The summed E-state index contributed by atoms with van der Waals surface area (Å²) in [5.41, 5.74) is 0.600. The summed E-state index contributed by atoms with van der Waals surface area (Å²) in [4.78, 5) is 26.8. The molecule has 0 amide bonds. The first kappa shape index (κ1) is 20.0. The summed E-state index contributed by atoms with van der Waals surface area (Å²) in [7, 11) is 0. The predicted octanol–water partition coefficient (Wildman–Crippen LogP) is 4.46. The van der Waals surface area contributed by atoms with Gasteiger partial charge < -0.3 is 4.74 Å². The van der Waals surface area contributed by atoms with Crippen molar-refractivity contribution in [3.63, 3.8) is 0 Å². The highest BCUT2D eigenvalue weighted by molar-refractivity contribution is 5.80. The van der Waals surface area contributed by atoms with Crippen molar-refractivity contribution < 1.29 is 14.3 Å². The van der Waals surface area contributed by atoms with Gasteiger partial charge in [0, 0.05) is 32.0 Å². The fourth-order valence-electron chi connectivity index (χ4n) is 9.06. The molecule has 0 radical (unpaired) electrons. The van der Waals surface area contributed by atoms with E-state index in [9.17, 15) is 9.59 Å². The van der Waals surface area contributed by atoms with E-state index in [0.717, 1.165) is 24.7 Å². The molecule has 9 atom stereocenters. The lowest BCUT2D eigenvalue weighted by Crippen LogP contribution is -2.54. The summed E-state index contributed by atoms with van der Waals surface area (Å²) in [5.74, 6) is 3.55. The largest absolute Gasteiger partial charge is 0.463 e. The lowest BCUT2D eigenvalue weighted by Gasteiger charge is -2.60. The first-order valence-corrected chi connectivity index (χ1v) is 12.2. The van der Waals surface area contributed by atoms with Gasteiger partial charge in [0.25, 0.3) is 0 Å². The zero-order chi connectivity index (χ0) is 20.6. The highest BCUT2D eigenvalue weighted by Gasteiger charge is 2.64. The number of nitrogens with zero attached hydrogens (tertiary/aromatic N) is 1. The van der Waals surface area contributed by atoms with Crippen molar-refractivity contribution in [1.82, 2.24) is 4.90 Å². The number of carbonyl (C=O) groups is 2. The quantitative estimate of drug-likeness (QED) is 0.517. The number of rotatable bonds is 3. The molecule has 0 N–H and O–H groups in total. The van der Waals surface area contributed by atoms with Gasteiger partial charge in [-0.1, -0.05) is 13.8 Å². The molecule has 5 rings (SSSR count). The molecule has 9 unspecified atom stereocenters. The molecule has 0 aromatic carbocycles. The minimum atomic E-state index is -0.122. The maximum Gasteiger partial charge on any atom is 0.302 e. The summed E-state index contributed by atoms with van der Waals surface area (Å²) in [6.07, 6.45) is 9.79. The Morgan fingerprint density at radius 1 is 0.897 bits per heavy atom. The predicted molar refractivity (Wildman–Crippen MR) is 112 cm³/mol. The third-order valence-corrected chi connectivity index (χ3v) is 10.4. The molecule has 4 nitrogen and oxygen atoms in total. The van der Waals surface area contributed by atoms with Crippen molar-refractivity contribution in [2.45, 2.75) is 91.2 Å². The molecular formula is C25H39NO3. The van der Waals surface area contributed by atoms with E-state index in [4.69, 9.17) is 4.74 Å². The maximum absolute atomic E-state index is 12.8. The highest BCUT2D eigenvalue weighted by Crippen LogP contribution is 2.68. The normalized spacial score (nSPS) is 51.5. The molecule has 0 spiro atoms. The smallest absolute Gasteiger partial charge is 0.302 e. The van der Waals surface area contributed by atoms with Gasteiger partial charge in [-0.05, 0) is 92.8 Å². The van der Waals surface area contributed by atoms with Crippen molar-refractivity contribution >= 4 is 11.8 Å². The van der Waals surface area contributed by atoms with E-state index in [1.807, 2.05) is 6.92 Å². The average Bonchev–Trinajstić information content (AvgIpc) is 3.43. The fourth-order valence-corrected chi connectivity index (χ4v) is 9.06. The van der Waals surface area contributed by atoms with Crippen LogP contribution in [-0.4, -0.2) is 41.9 Å². The van der Waals surface area contributed by atoms with E-state index in [1.54, 1.807) is 6.92 Å². The first-order chi connectivity index (χ1) is 13.7. The number of carbonyl (C=O) groups excluding carboxylic acids is 2. The summed E-state index contributed by atoms with van der Waals surface area (Å²) < 4.78 is 5.61. The van der Waals surface area contributed by atoms with Crippen LogP contribution in [0.4, 0.5) is 0 Å². The van der Waals surface area contributed by atoms with Gasteiger partial charge >= 0.3 is 5.97 Å². The van der Waals surface area contributed by atoms with Gasteiger partial charge in [-0.25, -0.2) is 0 Å². The molecule has 1 heterocycles. The highest BCUT2D eigenvalue weighted by atomic mass is 16.5. The van der Waals surface area contributed by atoms with Crippen molar-refractivity contribution in [3.8, 4) is 0 Å². The zero-order valence-electron chi connectivity index (χ0n) is 18.8. The number of hydrogen-bond acceptors (Lipinski definition) is 4.